The van der Waals surface area contributed by atoms with Crippen LogP contribution in [0.2, 0.25) is 0 Å². The summed E-state index contributed by atoms with van der Waals surface area (Å²) in [6.07, 6.45) is 0. The van der Waals surface area contributed by atoms with Crippen LogP contribution in [-0.2, 0) is 7.05 Å². The third-order valence-electron chi connectivity index (χ3n) is 1.71. The molecule has 9 nitrogen and oxygen atoms in total. The second-order valence-electron chi connectivity index (χ2n) is 2.76. The molecule has 0 spiro atoms. The molecule has 0 fully saturated rings. The van der Waals surface area contributed by atoms with Crippen LogP contribution in [-0.4, -0.2) is 40.8 Å². The number of aryl methyl sites for hydroxylation is 1. The van der Waals surface area contributed by atoms with Crippen molar-refractivity contribution in [3.05, 3.63) is 5.82 Å². The maximum absolute atomic E-state index is 3.84. The number of nitrogens with one attached hydrogen (secondary N) is 2. The molecule has 0 radical (unpaired) electrons. The van der Waals surface area contributed by atoms with Crippen molar-refractivity contribution in [2.45, 2.75) is 13.0 Å². The van der Waals surface area contributed by atoms with Crippen molar-refractivity contribution in [1.29, 1.82) is 0 Å². The second kappa shape index (κ2) is 3.36. The SMILES string of the molecule is CC(Nc1nnnn1C)c1nn[nH]n1. The van der Waals surface area contributed by atoms with Gasteiger partial charge in [0.1, 0.15) is 0 Å². The van der Waals surface area contributed by atoms with E-state index in [1.54, 1.807) is 7.05 Å². The van der Waals surface area contributed by atoms with Gasteiger partial charge in [0.2, 0.25) is 5.95 Å². The summed E-state index contributed by atoms with van der Waals surface area (Å²) < 4.78 is 1.52. The minimum Gasteiger partial charge on any atom is -0.343 e. The summed E-state index contributed by atoms with van der Waals surface area (Å²) in [5.74, 6) is 1.12. The van der Waals surface area contributed by atoms with E-state index in [0.29, 0.717) is 11.8 Å². The van der Waals surface area contributed by atoms with E-state index in [9.17, 15) is 0 Å². The summed E-state index contributed by atoms with van der Waals surface area (Å²) >= 11 is 0. The van der Waals surface area contributed by atoms with Gasteiger partial charge in [-0.15, -0.1) is 10.2 Å². The Morgan fingerprint density at radius 2 is 2.29 bits per heavy atom. The van der Waals surface area contributed by atoms with Crippen LogP contribution in [0.3, 0.4) is 0 Å². The highest BCUT2D eigenvalue weighted by atomic mass is 15.6. The van der Waals surface area contributed by atoms with Crippen molar-refractivity contribution in [3.8, 4) is 0 Å². The molecule has 0 bridgehead atoms. The molecular formula is C5H9N9. The fraction of sp³-hybridized carbons (Fsp3) is 0.600. The average molecular weight is 195 g/mol. The molecule has 0 saturated heterocycles. The van der Waals surface area contributed by atoms with Crippen molar-refractivity contribution >= 4 is 5.95 Å². The molecule has 2 heterocycles. The van der Waals surface area contributed by atoms with Gasteiger partial charge in [0.25, 0.3) is 0 Å². The van der Waals surface area contributed by atoms with E-state index in [0.717, 1.165) is 0 Å². The molecule has 0 aliphatic carbocycles. The number of rotatable bonds is 3. The highest BCUT2D eigenvalue weighted by Crippen LogP contribution is 2.10. The zero-order chi connectivity index (χ0) is 9.97. The van der Waals surface area contributed by atoms with Gasteiger partial charge in [-0.25, -0.2) is 4.68 Å². The first-order valence-corrected chi connectivity index (χ1v) is 3.99. The van der Waals surface area contributed by atoms with Crippen molar-refractivity contribution in [1.82, 2.24) is 40.8 Å². The van der Waals surface area contributed by atoms with Gasteiger partial charge in [-0.1, -0.05) is 10.3 Å². The number of tetrazole rings is 2. The van der Waals surface area contributed by atoms with Gasteiger partial charge in [0.05, 0.1) is 6.04 Å². The molecule has 1 atom stereocenters. The molecule has 2 aromatic rings. The number of hydrogen-bond acceptors (Lipinski definition) is 7. The molecule has 0 amide bonds. The maximum Gasteiger partial charge on any atom is 0.243 e. The number of nitrogens with zero attached hydrogens (tertiary/aromatic N) is 7. The molecule has 1 unspecified atom stereocenters. The molecule has 74 valence electrons. The number of aromatic nitrogens is 8. The first-order chi connectivity index (χ1) is 6.77. The van der Waals surface area contributed by atoms with E-state index in [1.807, 2.05) is 6.92 Å². The molecule has 0 aliphatic heterocycles. The lowest BCUT2D eigenvalue weighted by Gasteiger charge is -2.08. The van der Waals surface area contributed by atoms with Gasteiger partial charge in [0, 0.05) is 7.05 Å². The summed E-state index contributed by atoms with van der Waals surface area (Å²) in [7, 11) is 1.74. The smallest absolute Gasteiger partial charge is 0.243 e. The number of anilines is 1. The highest BCUT2D eigenvalue weighted by molar-refractivity contribution is 5.24. The fourth-order valence-corrected chi connectivity index (χ4v) is 0.963. The van der Waals surface area contributed by atoms with Crippen LogP contribution in [0.15, 0.2) is 0 Å². The predicted molar refractivity (Wildman–Crippen MR) is 45.0 cm³/mol. The van der Waals surface area contributed by atoms with Gasteiger partial charge in [0.15, 0.2) is 5.82 Å². The molecule has 2 aromatic heterocycles. The molecule has 9 heteroatoms. The molecule has 2 rings (SSSR count). The minimum atomic E-state index is -0.0987. The molecule has 0 saturated carbocycles. The average Bonchev–Trinajstić information content (AvgIpc) is 2.77. The second-order valence-corrected chi connectivity index (χ2v) is 2.76. The van der Waals surface area contributed by atoms with Crippen LogP contribution < -0.4 is 5.32 Å². The number of H-pyrrole nitrogens is 1. The molecule has 0 aromatic carbocycles. The van der Waals surface area contributed by atoms with Crippen LogP contribution in [0.5, 0.6) is 0 Å². The van der Waals surface area contributed by atoms with E-state index in [4.69, 9.17) is 0 Å². The Morgan fingerprint density at radius 1 is 1.43 bits per heavy atom. The maximum atomic E-state index is 3.84. The van der Waals surface area contributed by atoms with E-state index >= 15 is 0 Å². The normalized spacial score (nSPS) is 12.7. The zero-order valence-corrected chi connectivity index (χ0v) is 7.71. The fourth-order valence-electron chi connectivity index (χ4n) is 0.963. The third kappa shape index (κ3) is 1.51. The van der Waals surface area contributed by atoms with Crippen LogP contribution in [0.4, 0.5) is 5.95 Å². The lowest BCUT2D eigenvalue weighted by atomic mass is 10.3. The Balaban J connectivity index is 2.09. The van der Waals surface area contributed by atoms with Crippen molar-refractivity contribution in [2.24, 2.45) is 7.05 Å². The molecule has 0 aliphatic rings. The molecule has 14 heavy (non-hydrogen) atoms. The summed E-state index contributed by atoms with van der Waals surface area (Å²) in [5.41, 5.74) is 0. The van der Waals surface area contributed by atoms with Crippen LogP contribution in [0, 0.1) is 0 Å². The lowest BCUT2D eigenvalue weighted by molar-refractivity contribution is 0.699. The quantitative estimate of drug-likeness (QED) is 0.639. The topological polar surface area (TPSA) is 110 Å². The van der Waals surface area contributed by atoms with Crippen LogP contribution >= 0.6 is 0 Å². The summed E-state index contributed by atoms with van der Waals surface area (Å²) in [6.45, 7) is 1.89. The van der Waals surface area contributed by atoms with E-state index in [2.05, 4.69) is 41.5 Å². The lowest BCUT2D eigenvalue weighted by Crippen LogP contribution is -2.12. The Bertz CT molecular complexity index is 389. The van der Waals surface area contributed by atoms with Crippen molar-refractivity contribution in [2.75, 3.05) is 5.32 Å². The predicted octanol–water partition coefficient (Wildman–Crippen LogP) is -1.10. The van der Waals surface area contributed by atoms with E-state index < -0.39 is 0 Å². The summed E-state index contributed by atoms with van der Waals surface area (Å²) in [4.78, 5) is 0. The third-order valence-corrected chi connectivity index (χ3v) is 1.71. The van der Waals surface area contributed by atoms with Crippen molar-refractivity contribution in [3.63, 3.8) is 0 Å². The Morgan fingerprint density at radius 3 is 2.86 bits per heavy atom. The monoisotopic (exact) mass is 195 g/mol. The molecule has 2 N–H and O–H groups in total. The number of hydrogen-bond donors (Lipinski definition) is 2. The van der Waals surface area contributed by atoms with Crippen molar-refractivity contribution < 1.29 is 0 Å². The van der Waals surface area contributed by atoms with Gasteiger partial charge in [-0.2, -0.15) is 5.21 Å². The zero-order valence-electron chi connectivity index (χ0n) is 7.71. The minimum absolute atomic E-state index is 0.0987. The Labute approximate surface area is 78.9 Å². The van der Waals surface area contributed by atoms with E-state index in [1.165, 1.54) is 4.68 Å². The van der Waals surface area contributed by atoms with Crippen LogP contribution in [0.1, 0.15) is 18.8 Å². The highest BCUT2D eigenvalue weighted by Gasteiger charge is 2.12. The largest absolute Gasteiger partial charge is 0.343 e. The van der Waals surface area contributed by atoms with Gasteiger partial charge in [-0.05, 0) is 17.4 Å². The van der Waals surface area contributed by atoms with Gasteiger partial charge >= 0.3 is 0 Å². The molecular weight excluding hydrogens is 186 g/mol. The Kier molecular flexibility index (Phi) is 2.05. The van der Waals surface area contributed by atoms with Gasteiger partial charge in [-0.3, -0.25) is 0 Å². The Hall–Kier alpha value is -2.06. The summed E-state index contributed by atoms with van der Waals surface area (Å²) in [6, 6.07) is -0.0987. The number of aromatic amines is 1. The van der Waals surface area contributed by atoms with E-state index in [-0.39, 0.29) is 6.04 Å². The standard InChI is InChI=1S/C5H9N9/c1-3(4-7-10-11-8-4)6-5-9-12-13-14(5)2/h3H,1-2H3,(H,6,9,13)(H,7,8,10,11). The van der Waals surface area contributed by atoms with Gasteiger partial charge < -0.3 is 5.32 Å². The first kappa shape index (κ1) is 8.53. The first-order valence-electron chi connectivity index (χ1n) is 3.99. The summed E-state index contributed by atoms with van der Waals surface area (Å²) in [5, 5.41) is 27.5. The van der Waals surface area contributed by atoms with Crippen LogP contribution in [0.25, 0.3) is 0 Å².